The van der Waals surface area contributed by atoms with Crippen molar-refractivity contribution < 1.29 is 4.79 Å². The van der Waals surface area contributed by atoms with Gasteiger partial charge in [0.05, 0.1) is 11.7 Å². The van der Waals surface area contributed by atoms with Crippen LogP contribution >= 0.6 is 23.4 Å². The first kappa shape index (κ1) is 19.0. The number of carbonyl (C=O) groups excluding carboxylic acids is 1. The Morgan fingerprint density at radius 1 is 1.42 bits per heavy atom. The number of amides is 1. The van der Waals surface area contributed by atoms with Gasteiger partial charge in [-0.15, -0.1) is 0 Å². The van der Waals surface area contributed by atoms with Gasteiger partial charge in [0.2, 0.25) is 5.91 Å². The van der Waals surface area contributed by atoms with E-state index in [4.69, 9.17) is 11.6 Å². The van der Waals surface area contributed by atoms with E-state index in [1.54, 1.807) is 22.8 Å². The third kappa shape index (κ3) is 3.81. The molecular weight excluding hydrogens is 370 g/mol. The minimum Gasteiger partial charge on any atom is -0.326 e. The number of benzene rings is 1. The average Bonchev–Trinajstić information content (AvgIpc) is 2.94. The summed E-state index contributed by atoms with van der Waals surface area (Å²) in [5, 5.41) is 4.20. The first-order valence-electron chi connectivity index (χ1n) is 8.48. The maximum Gasteiger partial charge on any atom is 0.254 e. The summed E-state index contributed by atoms with van der Waals surface area (Å²) in [6, 6.07) is 6.80. The lowest BCUT2D eigenvalue weighted by Gasteiger charge is -2.19. The number of anilines is 1. The monoisotopic (exact) mass is 391 g/mol. The average molecular weight is 392 g/mol. The Morgan fingerprint density at radius 2 is 2.15 bits per heavy atom. The van der Waals surface area contributed by atoms with Crippen molar-refractivity contribution in [1.29, 1.82) is 0 Å². The zero-order valence-corrected chi connectivity index (χ0v) is 16.9. The molecule has 1 N–H and O–H groups in total. The SMILES string of the molecule is Cc1c(Cl)cccc1NC(=O)CC1CSc2nc(C(C)(C)C)cc(=O)n21. The van der Waals surface area contributed by atoms with E-state index in [-0.39, 0.29) is 29.3 Å². The highest BCUT2D eigenvalue weighted by Gasteiger charge is 2.29. The first-order chi connectivity index (χ1) is 12.2. The Bertz CT molecular complexity index is 918. The van der Waals surface area contributed by atoms with E-state index in [2.05, 4.69) is 10.3 Å². The van der Waals surface area contributed by atoms with Crippen LogP contribution in [0.15, 0.2) is 34.2 Å². The van der Waals surface area contributed by atoms with Gasteiger partial charge in [-0.25, -0.2) is 4.98 Å². The molecule has 0 spiro atoms. The molecule has 2 heterocycles. The molecule has 0 fully saturated rings. The zero-order valence-electron chi connectivity index (χ0n) is 15.3. The Balaban J connectivity index is 1.79. The highest BCUT2D eigenvalue weighted by atomic mass is 35.5. The third-order valence-electron chi connectivity index (χ3n) is 4.42. The van der Waals surface area contributed by atoms with Gasteiger partial charge in [-0.3, -0.25) is 14.2 Å². The Hall–Kier alpha value is -1.79. The standard InChI is InChI=1S/C19H22ClN3O2S/c1-11-13(20)6-5-7-14(11)21-16(24)8-12-10-26-18-22-15(19(2,3)4)9-17(25)23(12)18/h5-7,9,12H,8,10H2,1-4H3,(H,21,24). The quantitative estimate of drug-likeness (QED) is 0.797. The highest BCUT2D eigenvalue weighted by Crippen LogP contribution is 2.34. The second-order valence-corrected chi connectivity index (χ2v) is 8.91. The molecule has 138 valence electrons. The van der Waals surface area contributed by atoms with Crippen LogP contribution in [-0.2, 0) is 10.2 Å². The minimum atomic E-state index is -0.191. The highest BCUT2D eigenvalue weighted by molar-refractivity contribution is 7.99. The van der Waals surface area contributed by atoms with Crippen molar-refractivity contribution in [3.63, 3.8) is 0 Å². The molecule has 1 aromatic heterocycles. The molecule has 1 unspecified atom stereocenters. The van der Waals surface area contributed by atoms with Crippen LogP contribution in [0.1, 0.15) is 44.5 Å². The van der Waals surface area contributed by atoms with Gasteiger partial charge in [-0.2, -0.15) is 0 Å². The second kappa shape index (κ2) is 7.08. The first-order valence-corrected chi connectivity index (χ1v) is 9.85. The van der Waals surface area contributed by atoms with Crippen LogP contribution in [0.4, 0.5) is 5.69 Å². The number of hydrogen-bond donors (Lipinski definition) is 1. The van der Waals surface area contributed by atoms with Crippen molar-refractivity contribution in [3.05, 3.63) is 50.9 Å². The molecule has 0 saturated heterocycles. The number of halogens is 1. The summed E-state index contributed by atoms with van der Waals surface area (Å²) in [6.45, 7) is 7.96. The van der Waals surface area contributed by atoms with Crippen molar-refractivity contribution in [2.24, 2.45) is 0 Å². The van der Waals surface area contributed by atoms with Crippen LogP contribution in [0, 0.1) is 6.92 Å². The van der Waals surface area contributed by atoms with Gasteiger partial charge in [-0.1, -0.05) is 50.2 Å². The van der Waals surface area contributed by atoms with Crippen molar-refractivity contribution in [1.82, 2.24) is 9.55 Å². The molecule has 1 aliphatic rings. The van der Waals surface area contributed by atoms with Gasteiger partial charge in [-0.05, 0) is 24.6 Å². The topological polar surface area (TPSA) is 64.0 Å². The second-order valence-electron chi connectivity index (χ2n) is 7.51. The fourth-order valence-corrected chi connectivity index (χ4v) is 4.17. The van der Waals surface area contributed by atoms with E-state index in [1.165, 1.54) is 11.8 Å². The molecule has 7 heteroatoms. The molecule has 0 aliphatic carbocycles. The molecule has 3 rings (SSSR count). The number of hydrogen-bond acceptors (Lipinski definition) is 4. The molecule has 2 aromatic rings. The maximum atomic E-state index is 12.6. The molecular formula is C19H22ClN3O2S. The van der Waals surface area contributed by atoms with Crippen molar-refractivity contribution in [2.75, 3.05) is 11.1 Å². The summed E-state index contributed by atoms with van der Waals surface area (Å²) in [4.78, 5) is 29.7. The summed E-state index contributed by atoms with van der Waals surface area (Å²) >= 11 is 7.62. The maximum absolute atomic E-state index is 12.6. The number of rotatable bonds is 3. The van der Waals surface area contributed by atoms with Crippen LogP contribution < -0.4 is 10.9 Å². The number of nitrogens with zero attached hydrogens (tertiary/aromatic N) is 2. The summed E-state index contributed by atoms with van der Waals surface area (Å²) < 4.78 is 1.64. The van der Waals surface area contributed by atoms with Gasteiger partial charge in [0.25, 0.3) is 5.56 Å². The minimum absolute atomic E-state index is 0.0957. The predicted octanol–water partition coefficient (Wildman–Crippen LogP) is 4.18. The van der Waals surface area contributed by atoms with Crippen LogP contribution in [0.5, 0.6) is 0 Å². The van der Waals surface area contributed by atoms with Gasteiger partial charge in [0.15, 0.2) is 5.16 Å². The summed E-state index contributed by atoms with van der Waals surface area (Å²) in [6.07, 6.45) is 0.225. The van der Waals surface area contributed by atoms with Crippen molar-refractivity contribution in [3.8, 4) is 0 Å². The number of aromatic nitrogens is 2. The predicted molar refractivity (Wildman–Crippen MR) is 106 cm³/mol. The molecule has 1 atom stereocenters. The number of carbonyl (C=O) groups is 1. The summed E-state index contributed by atoms with van der Waals surface area (Å²) in [7, 11) is 0. The molecule has 0 radical (unpaired) electrons. The molecule has 0 bridgehead atoms. The Kier molecular flexibility index (Phi) is 5.17. The van der Waals surface area contributed by atoms with Gasteiger partial charge < -0.3 is 5.32 Å². The molecule has 26 heavy (non-hydrogen) atoms. The molecule has 1 aromatic carbocycles. The van der Waals surface area contributed by atoms with E-state index >= 15 is 0 Å². The van der Waals surface area contributed by atoms with Crippen LogP contribution in [0.3, 0.4) is 0 Å². The molecule has 5 nitrogen and oxygen atoms in total. The lowest BCUT2D eigenvalue weighted by molar-refractivity contribution is -0.116. The summed E-state index contributed by atoms with van der Waals surface area (Å²) in [5.74, 6) is 0.526. The van der Waals surface area contributed by atoms with Crippen molar-refractivity contribution >= 4 is 35.0 Å². The number of nitrogens with one attached hydrogen (secondary N) is 1. The van der Waals surface area contributed by atoms with E-state index in [0.717, 1.165) is 11.3 Å². The fraction of sp³-hybridized carbons (Fsp3) is 0.421. The lowest BCUT2D eigenvalue weighted by Crippen LogP contribution is -2.29. The number of fused-ring (bicyclic) bond motifs is 1. The van der Waals surface area contributed by atoms with E-state index in [1.807, 2.05) is 33.8 Å². The van der Waals surface area contributed by atoms with Crippen LogP contribution in [0.2, 0.25) is 5.02 Å². The largest absolute Gasteiger partial charge is 0.326 e. The van der Waals surface area contributed by atoms with E-state index in [0.29, 0.717) is 21.6 Å². The molecule has 0 saturated carbocycles. The normalized spacial score (nSPS) is 16.4. The number of thioether (sulfide) groups is 1. The fourth-order valence-electron chi connectivity index (χ4n) is 2.85. The molecule has 1 amide bonds. The van der Waals surface area contributed by atoms with Gasteiger partial charge >= 0.3 is 0 Å². The third-order valence-corrected chi connectivity index (χ3v) is 5.93. The molecule has 1 aliphatic heterocycles. The van der Waals surface area contributed by atoms with Gasteiger partial charge in [0, 0.05) is 34.4 Å². The van der Waals surface area contributed by atoms with Crippen molar-refractivity contribution in [2.45, 2.75) is 50.7 Å². The van der Waals surface area contributed by atoms with Gasteiger partial charge in [0.1, 0.15) is 0 Å². The Labute approximate surface area is 162 Å². The zero-order chi connectivity index (χ0) is 19.1. The lowest BCUT2D eigenvalue weighted by atomic mass is 9.92. The van der Waals surface area contributed by atoms with E-state index in [9.17, 15) is 9.59 Å². The smallest absolute Gasteiger partial charge is 0.254 e. The van der Waals surface area contributed by atoms with Crippen LogP contribution in [-0.4, -0.2) is 21.2 Å². The van der Waals surface area contributed by atoms with Crippen LogP contribution in [0.25, 0.3) is 0 Å². The van der Waals surface area contributed by atoms with E-state index < -0.39 is 0 Å². The summed E-state index contributed by atoms with van der Waals surface area (Å²) in [5.41, 5.74) is 2.02. The Morgan fingerprint density at radius 3 is 2.85 bits per heavy atom.